The minimum absolute atomic E-state index is 0.0834. The first-order chi connectivity index (χ1) is 9.15. The highest BCUT2D eigenvalue weighted by atomic mass is 35.5. The van der Waals surface area contributed by atoms with Crippen molar-refractivity contribution in [3.8, 4) is 5.75 Å². The van der Waals surface area contributed by atoms with E-state index in [0.29, 0.717) is 0 Å². The van der Waals surface area contributed by atoms with Gasteiger partial charge in [-0.15, -0.1) is 0 Å². The second-order valence-corrected chi connectivity index (χ2v) is 5.02. The van der Waals surface area contributed by atoms with Gasteiger partial charge in [0, 0.05) is 10.7 Å². The zero-order valence-corrected chi connectivity index (χ0v) is 11.9. The van der Waals surface area contributed by atoms with E-state index < -0.39 is 0 Å². The van der Waals surface area contributed by atoms with Crippen molar-refractivity contribution in [1.82, 2.24) is 0 Å². The maximum Gasteiger partial charge on any atom is 0.122 e. The SMILES string of the molecule is Cc1cc(Cl)ccc1OC(C)CNc1ccccc1. The molecule has 0 aliphatic heterocycles. The Labute approximate surface area is 119 Å². The molecule has 0 saturated carbocycles. The van der Waals surface area contributed by atoms with Crippen LogP contribution in [-0.4, -0.2) is 12.6 Å². The van der Waals surface area contributed by atoms with E-state index in [1.54, 1.807) is 0 Å². The third-order valence-electron chi connectivity index (χ3n) is 2.83. The van der Waals surface area contributed by atoms with E-state index in [2.05, 4.69) is 5.32 Å². The predicted octanol–water partition coefficient (Wildman–Crippen LogP) is 4.53. The highest BCUT2D eigenvalue weighted by Gasteiger charge is 2.06. The van der Waals surface area contributed by atoms with Crippen LogP contribution in [0, 0.1) is 6.92 Å². The molecule has 0 bridgehead atoms. The molecular formula is C16H18ClNO. The van der Waals surface area contributed by atoms with Gasteiger partial charge in [0.2, 0.25) is 0 Å². The quantitative estimate of drug-likeness (QED) is 0.866. The van der Waals surface area contributed by atoms with Crippen LogP contribution in [0.3, 0.4) is 0 Å². The first-order valence-electron chi connectivity index (χ1n) is 6.37. The summed E-state index contributed by atoms with van der Waals surface area (Å²) in [7, 11) is 0. The highest BCUT2D eigenvalue weighted by Crippen LogP contribution is 2.22. The lowest BCUT2D eigenvalue weighted by molar-refractivity contribution is 0.233. The number of hydrogen-bond acceptors (Lipinski definition) is 2. The second-order valence-electron chi connectivity index (χ2n) is 4.59. The van der Waals surface area contributed by atoms with Crippen molar-refractivity contribution in [2.75, 3.05) is 11.9 Å². The summed E-state index contributed by atoms with van der Waals surface area (Å²) in [6.07, 6.45) is 0.0834. The molecule has 1 atom stereocenters. The molecule has 0 heterocycles. The van der Waals surface area contributed by atoms with Gasteiger partial charge in [0.25, 0.3) is 0 Å². The summed E-state index contributed by atoms with van der Waals surface area (Å²) in [6, 6.07) is 15.8. The molecule has 2 aromatic carbocycles. The van der Waals surface area contributed by atoms with E-state index in [1.165, 1.54) is 0 Å². The van der Waals surface area contributed by atoms with Crippen LogP contribution in [0.5, 0.6) is 5.75 Å². The lowest BCUT2D eigenvalue weighted by Gasteiger charge is -2.17. The molecule has 100 valence electrons. The van der Waals surface area contributed by atoms with Gasteiger partial charge in [-0.2, -0.15) is 0 Å². The van der Waals surface area contributed by atoms with Crippen molar-refractivity contribution in [1.29, 1.82) is 0 Å². The third-order valence-corrected chi connectivity index (χ3v) is 3.07. The van der Waals surface area contributed by atoms with Crippen molar-refractivity contribution in [3.63, 3.8) is 0 Å². The molecule has 2 aromatic rings. The van der Waals surface area contributed by atoms with Crippen LogP contribution >= 0.6 is 11.6 Å². The fourth-order valence-corrected chi connectivity index (χ4v) is 2.05. The molecule has 3 heteroatoms. The minimum atomic E-state index is 0.0834. The van der Waals surface area contributed by atoms with Crippen LogP contribution in [0.25, 0.3) is 0 Å². The number of benzene rings is 2. The van der Waals surface area contributed by atoms with Crippen LogP contribution in [0.15, 0.2) is 48.5 Å². The van der Waals surface area contributed by atoms with Gasteiger partial charge in [0.15, 0.2) is 0 Å². The Balaban J connectivity index is 1.89. The molecule has 0 radical (unpaired) electrons. The largest absolute Gasteiger partial charge is 0.489 e. The first-order valence-corrected chi connectivity index (χ1v) is 6.74. The van der Waals surface area contributed by atoms with E-state index in [-0.39, 0.29) is 6.10 Å². The Morgan fingerprint density at radius 2 is 1.89 bits per heavy atom. The lowest BCUT2D eigenvalue weighted by Crippen LogP contribution is -2.22. The van der Waals surface area contributed by atoms with Gasteiger partial charge in [-0.25, -0.2) is 0 Å². The monoisotopic (exact) mass is 275 g/mol. The lowest BCUT2D eigenvalue weighted by atomic mass is 10.2. The van der Waals surface area contributed by atoms with Gasteiger partial charge in [-0.05, 0) is 49.7 Å². The number of ether oxygens (including phenoxy) is 1. The van der Waals surface area contributed by atoms with Gasteiger partial charge in [0.05, 0.1) is 6.54 Å². The van der Waals surface area contributed by atoms with Crippen LogP contribution < -0.4 is 10.1 Å². The van der Waals surface area contributed by atoms with Crippen LogP contribution in [0.1, 0.15) is 12.5 Å². The highest BCUT2D eigenvalue weighted by molar-refractivity contribution is 6.30. The third kappa shape index (κ3) is 4.18. The van der Waals surface area contributed by atoms with Gasteiger partial charge < -0.3 is 10.1 Å². The number of aryl methyl sites for hydroxylation is 1. The fraction of sp³-hybridized carbons (Fsp3) is 0.250. The van der Waals surface area contributed by atoms with Gasteiger partial charge in [-0.1, -0.05) is 29.8 Å². The van der Waals surface area contributed by atoms with Crippen LogP contribution in [0.4, 0.5) is 5.69 Å². The van der Waals surface area contributed by atoms with Crippen LogP contribution in [-0.2, 0) is 0 Å². The van der Waals surface area contributed by atoms with Gasteiger partial charge in [0.1, 0.15) is 11.9 Å². The molecular weight excluding hydrogens is 258 g/mol. The molecule has 19 heavy (non-hydrogen) atoms. The number of para-hydroxylation sites is 1. The number of nitrogens with one attached hydrogen (secondary N) is 1. The average molecular weight is 276 g/mol. The normalized spacial score (nSPS) is 11.9. The summed E-state index contributed by atoms with van der Waals surface area (Å²) in [5.41, 5.74) is 2.16. The number of anilines is 1. The average Bonchev–Trinajstić information content (AvgIpc) is 2.41. The predicted molar refractivity (Wildman–Crippen MR) is 81.2 cm³/mol. The van der Waals surface area contributed by atoms with E-state index in [4.69, 9.17) is 16.3 Å². The summed E-state index contributed by atoms with van der Waals surface area (Å²) in [4.78, 5) is 0. The Bertz CT molecular complexity index is 528. The summed E-state index contributed by atoms with van der Waals surface area (Å²) < 4.78 is 5.90. The molecule has 2 nitrogen and oxygen atoms in total. The fourth-order valence-electron chi connectivity index (χ4n) is 1.82. The van der Waals surface area contributed by atoms with Crippen molar-refractivity contribution >= 4 is 17.3 Å². The minimum Gasteiger partial charge on any atom is -0.489 e. The second kappa shape index (κ2) is 6.48. The van der Waals surface area contributed by atoms with Crippen molar-refractivity contribution in [3.05, 3.63) is 59.1 Å². The first kappa shape index (κ1) is 13.8. The van der Waals surface area contributed by atoms with E-state index in [0.717, 1.165) is 28.6 Å². The Kier molecular flexibility index (Phi) is 4.69. The molecule has 0 spiro atoms. The van der Waals surface area contributed by atoms with Crippen LogP contribution in [0.2, 0.25) is 5.02 Å². The molecule has 0 saturated heterocycles. The van der Waals surface area contributed by atoms with Gasteiger partial charge in [-0.3, -0.25) is 0 Å². The Hall–Kier alpha value is -1.67. The van der Waals surface area contributed by atoms with E-state index >= 15 is 0 Å². The molecule has 0 amide bonds. The molecule has 1 unspecified atom stereocenters. The Morgan fingerprint density at radius 3 is 2.58 bits per heavy atom. The topological polar surface area (TPSA) is 21.3 Å². The Morgan fingerprint density at radius 1 is 1.16 bits per heavy atom. The molecule has 0 aromatic heterocycles. The molecule has 0 aliphatic carbocycles. The molecule has 0 fully saturated rings. The number of halogens is 1. The van der Waals surface area contributed by atoms with Crippen molar-refractivity contribution in [2.24, 2.45) is 0 Å². The van der Waals surface area contributed by atoms with Crippen molar-refractivity contribution < 1.29 is 4.74 Å². The summed E-state index contributed by atoms with van der Waals surface area (Å²) >= 11 is 5.93. The standard InChI is InChI=1S/C16H18ClNO/c1-12-10-14(17)8-9-16(12)19-13(2)11-18-15-6-4-3-5-7-15/h3-10,13,18H,11H2,1-2H3. The molecule has 0 aliphatic rings. The molecule has 1 N–H and O–H groups in total. The maximum absolute atomic E-state index is 5.93. The van der Waals surface area contributed by atoms with E-state index in [1.807, 2.05) is 62.4 Å². The van der Waals surface area contributed by atoms with E-state index in [9.17, 15) is 0 Å². The zero-order valence-electron chi connectivity index (χ0n) is 11.2. The maximum atomic E-state index is 5.93. The zero-order chi connectivity index (χ0) is 13.7. The number of hydrogen-bond donors (Lipinski definition) is 1. The number of rotatable bonds is 5. The van der Waals surface area contributed by atoms with Gasteiger partial charge >= 0.3 is 0 Å². The summed E-state index contributed by atoms with van der Waals surface area (Å²) in [6.45, 7) is 4.80. The van der Waals surface area contributed by atoms with Crippen molar-refractivity contribution in [2.45, 2.75) is 20.0 Å². The summed E-state index contributed by atoms with van der Waals surface area (Å²) in [5, 5.41) is 4.08. The smallest absolute Gasteiger partial charge is 0.122 e. The molecule has 2 rings (SSSR count). The summed E-state index contributed by atoms with van der Waals surface area (Å²) in [5.74, 6) is 0.881.